The predicted octanol–water partition coefficient (Wildman–Crippen LogP) is 5.77. The Hall–Kier alpha value is -3.12. The summed E-state index contributed by atoms with van der Waals surface area (Å²) in [5.74, 6) is 3.07. The normalized spacial score (nSPS) is 15.8. The van der Waals surface area contributed by atoms with Gasteiger partial charge in [0.1, 0.15) is 22.6 Å². The molecule has 0 radical (unpaired) electrons. The van der Waals surface area contributed by atoms with Crippen LogP contribution in [0.1, 0.15) is 10.9 Å². The van der Waals surface area contributed by atoms with E-state index in [1.165, 1.54) is 0 Å². The zero-order chi connectivity index (χ0) is 20.1. The fourth-order valence-electron chi connectivity index (χ4n) is 3.25. The number of hydrogen-bond acceptors (Lipinski definition) is 4. The molecule has 2 amide bonds. The highest BCUT2D eigenvalue weighted by Crippen LogP contribution is 2.40. The van der Waals surface area contributed by atoms with E-state index in [0.717, 1.165) is 22.8 Å². The minimum atomic E-state index is -0.140. The van der Waals surface area contributed by atoms with Crippen molar-refractivity contribution in [2.45, 2.75) is 5.37 Å². The van der Waals surface area contributed by atoms with Crippen molar-refractivity contribution in [2.24, 2.45) is 0 Å². The first-order valence-electron chi connectivity index (χ1n) is 9.40. The Morgan fingerprint density at radius 3 is 2.59 bits per heavy atom. The molecule has 1 atom stereocenters. The second kappa shape index (κ2) is 8.92. The molecule has 0 spiro atoms. The molecule has 1 saturated heterocycles. The topological polar surface area (TPSA) is 50.8 Å². The molecule has 3 aromatic rings. The van der Waals surface area contributed by atoms with Crippen LogP contribution < -0.4 is 14.8 Å². The second-order valence-electron chi connectivity index (χ2n) is 6.53. The van der Waals surface area contributed by atoms with E-state index >= 15 is 0 Å². The van der Waals surface area contributed by atoms with Crippen LogP contribution in [0.3, 0.4) is 0 Å². The Morgan fingerprint density at radius 1 is 1.00 bits per heavy atom. The molecule has 4 rings (SSSR count). The number of carbonyl (C=O) groups is 1. The lowest BCUT2D eigenvalue weighted by Crippen LogP contribution is -2.34. The molecule has 29 heavy (non-hydrogen) atoms. The summed E-state index contributed by atoms with van der Waals surface area (Å²) in [5.41, 5.74) is 1.70. The Balaban J connectivity index is 1.51. The van der Waals surface area contributed by atoms with Gasteiger partial charge in [0, 0.05) is 12.3 Å². The molecule has 1 fully saturated rings. The van der Waals surface area contributed by atoms with Crippen molar-refractivity contribution in [3.63, 3.8) is 0 Å². The summed E-state index contributed by atoms with van der Waals surface area (Å²) in [6.45, 7) is 0.681. The van der Waals surface area contributed by atoms with Gasteiger partial charge in [-0.05, 0) is 42.0 Å². The lowest BCUT2D eigenvalue weighted by Gasteiger charge is -2.25. The van der Waals surface area contributed by atoms with Gasteiger partial charge in [-0.3, -0.25) is 0 Å². The molecule has 148 valence electrons. The number of carbonyl (C=O) groups excluding carboxylic acids is 1. The molecule has 1 aliphatic rings. The summed E-state index contributed by atoms with van der Waals surface area (Å²) < 4.78 is 11.3. The molecule has 0 aromatic heterocycles. The Bertz CT molecular complexity index is 981. The smallest absolute Gasteiger partial charge is 0.323 e. The number of urea groups is 1. The van der Waals surface area contributed by atoms with E-state index in [1.807, 2.05) is 83.8 Å². The van der Waals surface area contributed by atoms with Crippen LogP contribution >= 0.6 is 11.8 Å². The number of nitrogens with one attached hydrogen (secondary N) is 1. The first-order valence-corrected chi connectivity index (χ1v) is 10.4. The van der Waals surface area contributed by atoms with Gasteiger partial charge in [0.2, 0.25) is 0 Å². The number of methoxy groups -OCH3 is 1. The highest BCUT2D eigenvalue weighted by molar-refractivity contribution is 7.99. The minimum absolute atomic E-state index is 0.0657. The van der Waals surface area contributed by atoms with Gasteiger partial charge in [0.25, 0.3) is 0 Å². The number of hydrogen-bond donors (Lipinski definition) is 1. The molecule has 6 heteroatoms. The fourth-order valence-corrected chi connectivity index (χ4v) is 4.49. The molecule has 0 bridgehead atoms. The average Bonchev–Trinajstić information content (AvgIpc) is 3.25. The van der Waals surface area contributed by atoms with Crippen LogP contribution in [0.4, 0.5) is 10.5 Å². The number of para-hydroxylation sites is 3. The zero-order valence-electron chi connectivity index (χ0n) is 16.1. The third-order valence-electron chi connectivity index (χ3n) is 4.62. The van der Waals surface area contributed by atoms with Gasteiger partial charge in [-0.1, -0.05) is 42.5 Å². The van der Waals surface area contributed by atoms with Crippen LogP contribution in [0.25, 0.3) is 0 Å². The molecule has 1 unspecified atom stereocenters. The second-order valence-corrected chi connectivity index (χ2v) is 7.72. The van der Waals surface area contributed by atoms with E-state index in [4.69, 9.17) is 9.47 Å². The van der Waals surface area contributed by atoms with Crippen molar-refractivity contribution in [1.29, 1.82) is 0 Å². The minimum Gasteiger partial charge on any atom is -0.495 e. The molecule has 5 nitrogen and oxygen atoms in total. The largest absolute Gasteiger partial charge is 0.495 e. The van der Waals surface area contributed by atoms with Gasteiger partial charge in [-0.2, -0.15) is 0 Å². The monoisotopic (exact) mass is 406 g/mol. The number of anilines is 1. The zero-order valence-corrected chi connectivity index (χ0v) is 16.9. The fraction of sp³-hybridized carbons (Fsp3) is 0.174. The van der Waals surface area contributed by atoms with Crippen molar-refractivity contribution >= 4 is 23.5 Å². The predicted molar refractivity (Wildman–Crippen MR) is 117 cm³/mol. The number of rotatable bonds is 5. The maximum atomic E-state index is 13.0. The third-order valence-corrected chi connectivity index (χ3v) is 5.88. The van der Waals surface area contributed by atoms with E-state index < -0.39 is 0 Å². The van der Waals surface area contributed by atoms with Crippen LogP contribution in [0.15, 0.2) is 78.9 Å². The van der Waals surface area contributed by atoms with Gasteiger partial charge >= 0.3 is 6.03 Å². The van der Waals surface area contributed by atoms with Crippen LogP contribution in [-0.4, -0.2) is 30.3 Å². The number of thioether (sulfide) groups is 1. The first-order chi connectivity index (χ1) is 14.2. The summed E-state index contributed by atoms with van der Waals surface area (Å²) in [7, 11) is 1.59. The van der Waals surface area contributed by atoms with Crippen molar-refractivity contribution < 1.29 is 14.3 Å². The highest BCUT2D eigenvalue weighted by Gasteiger charge is 2.31. The SMILES string of the molecule is COc1ccccc1NC(=O)N1CCSC1c1cccc(Oc2ccccc2)c1. The van der Waals surface area contributed by atoms with E-state index in [0.29, 0.717) is 18.0 Å². The van der Waals surface area contributed by atoms with Crippen LogP contribution in [0.5, 0.6) is 17.2 Å². The van der Waals surface area contributed by atoms with E-state index in [2.05, 4.69) is 5.32 Å². The lowest BCUT2D eigenvalue weighted by atomic mass is 10.2. The van der Waals surface area contributed by atoms with E-state index in [9.17, 15) is 4.79 Å². The third kappa shape index (κ3) is 4.49. The Morgan fingerprint density at radius 2 is 1.76 bits per heavy atom. The molecular weight excluding hydrogens is 384 g/mol. The summed E-state index contributed by atoms with van der Waals surface area (Å²) in [4.78, 5) is 14.8. The Kier molecular flexibility index (Phi) is 5.91. The lowest BCUT2D eigenvalue weighted by molar-refractivity contribution is 0.214. The first kappa shape index (κ1) is 19.2. The number of nitrogens with zero attached hydrogens (tertiary/aromatic N) is 1. The van der Waals surface area contributed by atoms with Crippen LogP contribution in [0.2, 0.25) is 0 Å². The molecule has 1 N–H and O–H groups in total. The molecule has 0 aliphatic carbocycles. The van der Waals surface area contributed by atoms with Crippen molar-refractivity contribution in [1.82, 2.24) is 4.90 Å². The van der Waals surface area contributed by atoms with Gasteiger partial charge < -0.3 is 19.7 Å². The maximum Gasteiger partial charge on any atom is 0.323 e. The van der Waals surface area contributed by atoms with Crippen LogP contribution in [0, 0.1) is 0 Å². The van der Waals surface area contributed by atoms with Crippen molar-refractivity contribution in [3.05, 3.63) is 84.4 Å². The van der Waals surface area contributed by atoms with Gasteiger partial charge in [0.05, 0.1) is 12.8 Å². The summed E-state index contributed by atoms with van der Waals surface area (Å²) >= 11 is 1.75. The van der Waals surface area contributed by atoms with E-state index in [-0.39, 0.29) is 11.4 Å². The van der Waals surface area contributed by atoms with Gasteiger partial charge in [0.15, 0.2) is 0 Å². The van der Waals surface area contributed by atoms with Crippen LogP contribution in [-0.2, 0) is 0 Å². The van der Waals surface area contributed by atoms with Gasteiger partial charge in [-0.15, -0.1) is 11.8 Å². The molecule has 1 aliphatic heterocycles. The summed E-state index contributed by atoms with van der Waals surface area (Å²) in [6, 6.07) is 24.9. The summed E-state index contributed by atoms with van der Waals surface area (Å²) in [6.07, 6.45) is 0. The molecule has 3 aromatic carbocycles. The van der Waals surface area contributed by atoms with Crippen molar-refractivity contribution in [3.8, 4) is 17.2 Å². The highest BCUT2D eigenvalue weighted by atomic mass is 32.2. The molecule has 1 heterocycles. The maximum absolute atomic E-state index is 13.0. The number of benzene rings is 3. The molecule has 0 saturated carbocycles. The average molecular weight is 407 g/mol. The standard InChI is InChI=1S/C23H22N2O3S/c1-27-21-13-6-5-12-20(21)24-23(26)25-14-15-29-22(25)17-8-7-11-19(16-17)28-18-9-3-2-4-10-18/h2-13,16,22H,14-15H2,1H3,(H,24,26). The number of amides is 2. The Labute approximate surface area is 174 Å². The van der Waals surface area contributed by atoms with E-state index in [1.54, 1.807) is 18.9 Å². The quantitative estimate of drug-likeness (QED) is 0.585. The molecular formula is C23H22N2O3S. The van der Waals surface area contributed by atoms with Crippen molar-refractivity contribution in [2.75, 3.05) is 24.7 Å². The summed E-state index contributed by atoms with van der Waals surface area (Å²) in [5, 5.41) is 2.91. The van der Waals surface area contributed by atoms with Gasteiger partial charge in [-0.25, -0.2) is 4.79 Å². The number of ether oxygens (including phenoxy) is 2.